The van der Waals surface area contributed by atoms with Crippen molar-refractivity contribution in [2.24, 2.45) is 0 Å². The van der Waals surface area contributed by atoms with Crippen molar-refractivity contribution in [3.05, 3.63) is 40.5 Å². The number of halogens is 1. The summed E-state index contributed by atoms with van der Waals surface area (Å²) in [5.74, 6) is -0.532. The third kappa shape index (κ3) is 1.72. The molecule has 0 bridgehead atoms. The first-order chi connectivity index (χ1) is 6.60. The molecule has 0 saturated heterocycles. The Balaban J connectivity index is 3.44. The number of hydrogen-bond acceptors (Lipinski definition) is 1. The molecular weight excluding hydrogens is 179 g/mol. The highest BCUT2D eigenvalue weighted by Gasteiger charge is 2.11. The van der Waals surface area contributed by atoms with E-state index in [9.17, 15) is 4.39 Å². The summed E-state index contributed by atoms with van der Waals surface area (Å²) in [6.45, 7) is 10.6. The first-order valence-corrected chi connectivity index (χ1v) is 4.21. The summed E-state index contributed by atoms with van der Waals surface area (Å²) in [5.41, 5.74) is 0.684. The standard InChI is InChI=1S/C11H9FN2/c1-7(2)8-4-9(6-13)11(12)10(5-8)14-3/h4-5,7H,1-2H3. The largest absolute Gasteiger partial charge is 0.235 e. The Hall–Kier alpha value is -1.87. The van der Waals surface area contributed by atoms with Gasteiger partial charge in [-0.15, -0.1) is 0 Å². The zero-order valence-electron chi connectivity index (χ0n) is 8.00. The summed E-state index contributed by atoms with van der Waals surface area (Å²) in [6.07, 6.45) is 0. The van der Waals surface area contributed by atoms with Crippen LogP contribution < -0.4 is 0 Å². The van der Waals surface area contributed by atoms with Crippen LogP contribution in [0.5, 0.6) is 0 Å². The van der Waals surface area contributed by atoms with Gasteiger partial charge in [0.2, 0.25) is 5.69 Å². The van der Waals surface area contributed by atoms with Gasteiger partial charge >= 0.3 is 0 Å². The van der Waals surface area contributed by atoms with Crippen molar-refractivity contribution in [3.8, 4) is 6.07 Å². The van der Waals surface area contributed by atoms with Gasteiger partial charge in [0.05, 0.1) is 12.1 Å². The molecule has 0 aliphatic heterocycles. The normalized spacial score (nSPS) is 9.57. The first-order valence-electron chi connectivity index (χ1n) is 4.21. The molecule has 0 aliphatic rings. The topological polar surface area (TPSA) is 28.1 Å². The lowest BCUT2D eigenvalue weighted by Gasteiger charge is -2.07. The molecule has 0 amide bonds. The SMILES string of the molecule is [C-]#[N+]c1cc(C(C)C)cc(C#N)c1F. The van der Waals surface area contributed by atoms with E-state index in [0.29, 0.717) is 0 Å². The Morgan fingerprint density at radius 2 is 2.14 bits per heavy atom. The predicted octanol–water partition coefficient (Wildman–Crippen LogP) is 3.37. The second kappa shape index (κ2) is 3.89. The maximum atomic E-state index is 13.3. The smallest absolute Gasteiger partial charge is 0.223 e. The fourth-order valence-corrected chi connectivity index (χ4v) is 1.13. The van der Waals surface area contributed by atoms with Crippen molar-refractivity contribution in [1.82, 2.24) is 0 Å². The lowest BCUT2D eigenvalue weighted by Crippen LogP contribution is -1.92. The highest BCUT2D eigenvalue weighted by Crippen LogP contribution is 2.26. The fourth-order valence-electron chi connectivity index (χ4n) is 1.13. The van der Waals surface area contributed by atoms with Crippen LogP contribution in [0.25, 0.3) is 4.85 Å². The summed E-state index contributed by atoms with van der Waals surface area (Å²) < 4.78 is 13.3. The van der Waals surface area contributed by atoms with Gasteiger partial charge in [-0.05, 0) is 18.1 Å². The van der Waals surface area contributed by atoms with Crippen LogP contribution in [-0.2, 0) is 0 Å². The van der Waals surface area contributed by atoms with Crippen molar-refractivity contribution >= 4 is 5.69 Å². The molecule has 3 heteroatoms. The van der Waals surface area contributed by atoms with E-state index in [1.807, 2.05) is 13.8 Å². The van der Waals surface area contributed by atoms with Crippen LogP contribution in [0.1, 0.15) is 30.9 Å². The Bertz CT molecular complexity index is 401. The van der Waals surface area contributed by atoms with E-state index in [-0.39, 0.29) is 17.2 Å². The van der Waals surface area contributed by atoms with Gasteiger partial charge in [-0.25, -0.2) is 9.24 Å². The molecule has 1 aromatic carbocycles. The van der Waals surface area contributed by atoms with E-state index in [4.69, 9.17) is 11.8 Å². The minimum Gasteiger partial charge on any atom is -0.235 e. The van der Waals surface area contributed by atoms with Crippen LogP contribution >= 0.6 is 0 Å². The summed E-state index contributed by atoms with van der Waals surface area (Å²) in [4.78, 5) is 3.05. The zero-order valence-corrected chi connectivity index (χ0v) is 8.00. The highest BCUT2D eigenvalue weighted by atomic mass is 19.1. The van der Waals surface area contributed by atoms with Crippen LogP contribution in [0.15, 0.2) is 12.1 Å². The number of nitriles is 1. The monoisotopic (exact) mass is 188 g/mol. The van der Waals surface area contributed by atoms with Gasteiger partial charge < -0.3 is 0 Å². The minimum atomic E-state index is -0.716. The number of nitrogens with zero attached hydrogens (tertiary/aromatic N) is 2. The Morgan fingerprint density at radius 3 is 2.57 bits per heavy atom. The zero-order chi connectivity index (χ0) is 10.7. The average Bonchev–Trinajstić information content (AvgIpc) is 2.17. The van der Waals surface area contributed by atoms with E-state index in [0.717, 1.165) is 5.56 Å². The Morgan fingerprint density at radius 1 is 1.50 bits per heavy atom. The lowest BCUT2D eigenvalue weighted by molar-refractivity contribution is 0.628. The van der Waals surface area contributed by atoms with Crippen LogP contribution in [0.4, 0.5) is 10.1 Å². The summed E-state index contributed by atoms with van der Waals surface area (Å²) in [6, 6.07) is 4.74. The lowest BCUT2D eigenvalue weighted by atomic mass is 10.00. The quantitative estimate of drug-likeness (QED) is 0.621. The predicted molar refractivity (Wildman–Crippen MR) is 51.5 cm³/mol. The van der Waals surface area contributed by atoms with Gasteiger partial charge in [-0.2, -0.15) is 5.26 Å². The number of rotatable bonds is 1. The molecule has 0 fully saturated rings. The second-order valence-electron chi connectivity index (χ2n) is 3.28. The van der Waals surface area contributed by atoms with Gasteiger partial charge in [0.15, 0.2) is 0 Å². The highest BCUT2D eigenvalue weighted by molar-refractivity contribution is 5.55. The Labute approximate surface area is 82.4 Å². The van der Waals surface area contributed by atoms with E-state index in [1.54, 1.807) is 6.07 Å². The third-order valence-corrected chi connectivity index (χ3v) is 1.98. The van der Waals surface area contributed by atoms with Crippen LogP contribution in [0.2, 0.25) is 0 Å². The van der Waals surface area contributed by atoms with Gasteiger partial charge in [-0.3, -0.25) is 0 Å². The van der Waals surface area contributed by atoms with E-state index < -0.39 is 5.82 Å². The average molecular weight is 188 g/mol. The van der Waals surface area contributed by atoms with Crippen molar-refractivity contribution < 1.29 is 4.39 Å². The Kier molecular flexibility index (Phi) is 2.84. The van der Waals surface area contributed by atoms with Crippen molar-refractivity contribution in [2.45, 2.75) is 19.8 Å². The first kappa shape index (κ1) is 10.2. The molecule has 0 aliphatic carbocycles. The van der Waals surface area contributed by atoms with E-state index in [1.165, 1.54) is 12.1 Å². The molecule has 0 unspecified atom stereocenters. The third-order valence-electron chi connectivity index (χ3n) is 1.98. The van der Waals surface area contributed by atoms with Crippen LogP contribution in [0.3, 0.4) is 0 Å². The molecule has 0 atom stereocenters. The molecule has 0 heterocycles. The molecule has 0 saturated carbocycles. The van der Waals surface area contributed by atoms with Gasteiger partial charge in [-0.1, -0.05) is 19.4 Å². The fraction of sp³-hybridized carbons (Fsp3) is 0.273. The minimum absolute atomic E-state index is 0.0535. The molecule has 0 N–H and O–H groups in total. The molecular formula is C11H9FN2. The summed E-state index contributed by atoms with van der Waals surface area (Å²) in [5, 5.41) is 8.65. The van der Waals surface area contributed by atoms with Crippen molar-refractivity contribution in [3.63, 3.8) is 0 Å². The van der Waals surface area contributed by atoms with Crippen molar-refractivity contribution in [1.29, 1.82) is 5.26 Å². The molecule has 0 aromatic heterocycles. The molecule has 2 nitrogen and oxygen atoms in total. The maximum Gasteiger partial charge on any atom is 0.223 e. The van der Waals surface area contributed by atoms with Gasteiger partial charge in [0.25, 0.3) is 0 Å². The van der Waals surface area contributed by atoms with Crippen LogP contribution in [0, 0.1) is 23.7 Å². The second-order valence-corrected chi connectivity index (χ2v) is 3.28. The van der Waals surface area contributed by atoms with Crippen molar-refractivity contribution in [2.75, 3.05) is 0 Å². The van der Waals surface area contributed by atoms with E-state index >= 15 is 0 Å². The summed E-state index contributed by atoms with van der Waals surface area (Å²) in [7, 11) is 0. The van der Waals surface area contributed by atoms with Gasteiger partial charge in [0, 0.05) is 0 Å². The molecule has 1 aromatic rings. The molecule has 0 spiro atoms. The molecule has 14 heavy (non-hydrogen) atoms. The number of hydrogen-bond donors (Lipinski definition) is 0. The molecule has 70 valence electrons. The van der Waals surface area contributed by atoms with Gasteiger partial charge in [0.1, 0.15) is 11.9 Å². The van der Waals surface area contributed by atoms with Crippen LogP contribution in [-0.4, -0.2) is 0 Å². The molecule has 1 rings (SSSR count). The summed E-state index contributed by atoms with van der Waals surface area (Å²) >= 11 is 0. The van der Waals surface area contributed by atoms with E-state index in [2.05, 4.69) is 4.85 Å². The number of benzene rings is 1. The maximum absolute atomic E-state index is 13.3. The molecule has 0 radical (unpaired) electrons.